The molecule has 2 unspecified atom stereocenters. The molecule has 5 atom stereocenters. The van der Waals surface area contributed by atoms with Crippen molar-refractivity contribution < 1.29 is 80.2 Å². The number of aliphatic hydroxyl groups is 1. The van der Waals surface area contributed by atoms with Gasteiger partial charge in [-0.2, -0.15) is 0 Å². The highest BCUT2D eigenvalue weighted by Crippen LogP contribution is 2.45. The predicted octanol–water partition coefficient (Wildman–Crippen LogP) is 28.3. The number of hydrogen-bond acceptors (Lipinski definition) is 15. The first kappa shape index (κ1) is 108. The van der Waals surface area contributed by atoms with E-state index in [1.54, 1.807) is 0 Å². The van der Waals surface area contributed by atoms with Gasteiger partial charge in [-0.25, -0.2) is 9.13 Å². The Labute approximate surface area is 677 Å². The van der Waals surface area contributed by atoms with Gasteiger partial charge in [0.2, 0.25) is 0 Å². The number of aliphatic hydroxyl groups excluding tert-OH is 1. The molecule has 0 aliphatic carbocycles. The van der Waals surface area contributed by atoms with Crippen LogP contribution in [0.1, 0.15) is 497 Å². The zero-order valence-electron chi connectivity index (χ0n) is 72.4. The van der Waals surface area contributed by atoms with E-state index in [2.05, 4.69) is 34.6 Å². The van der Waals surface area contributed by atoms with Crippen LogP contribution in [0.15, 0.2) is 0 Å². The molecule has 0 aromatic heterocycles. The Kier molecular flexibility index (Phi) is 82.1. The van der Waals surface area contributed by atoms with Crippen molar-refractivity contribution in [1.29, 1.82) is 0 Å². The second kappa shape index (κ2) is 83.5. The number of unbranched alkanes of at least 4 members (excludes halogenated alkanes) is 63. The highest BCUT2D eigenvalue weighted by molar-refractivity contribution is 7.47. The van der Waals surface area contributed by atoms with Crippen LogP contribution in [0.2, 0.25) is 0 Å². The maximum atomic E-state index is 13.2. The first-order chi connectivity index (χ1) is 53.5. The number of ether oxygens (including phenoxy) is 4. The van der Waals surface area contributed by atoms with Crippen molar-refractivity contribution in [2.24, 2.45) is 5.92 Å². The van der Waals surface area contributed by atoms with Gasteiger partial charge >= 0.3 is 39.5 Å². The van der Waals surface area contributed by atoms with Crippen molar-refractivity contribution in [1.82, 2.24) is 0 Å². The Morgan fingerprint density at radius 1 is 0.245 bits per heavy atom. The lowest BCUT2D eigenvalue weighted by atomic mass is 10.0. The second-order valence-electron chi connectivity index (χ2n) is 33.2. The van der Waals surface area contributed by atoms with E-state index < -0.39 is 97.5 Å². The smallest absolute Gasteiger partial charge is 0.462 e. The Balaban J connectivity index is 5.24. The van der Waals surface area contributed by atoms with Crippen molar-refractivity contribution in [3.05, 3.63) is 0 Å². The fourth-order valence-electron chi connectivity index (χ4n) is 14.4. The molecule has 0 aliphatic rings. The third-order valence-electron chi connectivity index (χ3n) is 21.5. The standard InChI is InChI=1S/C91H178O17P2/c1-6-9-12-15-18-21-24-27-29-31-33-34-35-37-39-41-46-51-56-61-66-71-76-90(95)108-87(81-102-89(94)75-70-65-60-55-50-45-40-38-36-32-30-28-25-22-19-16-13-10-7-2)83-106-110(99,100)104-79-85(92)78-103-109(97,98)105-82-86(80-101-88(93)74-69-64-59-54-49-26-23-20-17-14-11-8-3)107-91(96)77-72-67-62-57-52-47-43-42-44-48-53-58-63-68-73-84(4)5/h84-87,92H,6-83H2,1-5H3,(H,97,98)(H,99,100)/t85-,86+,87+/m0/s1. The van der Waals surface area contributed by atoms with Crippen molar-refractivity contribution in [3.63, 3.8) is 0 Å². The lowest BCUT2D eigenvalue weighted by Crippen LogP contribution is -2.30. The van der Waals surface area contributed by atoms with Crippen molar-refractivity contribution in [2.75, 3.05) is 39.6 Å². The lowest BCUT2D eigenvalue weighted by Gasteiger charge is -2.21. The van der Waals surface area contributed by atoms with Gasteiger partial charge in [0.05, 0.1) is 26.4 Å². The van der Waals surface area contributed by atoms with E-state index in [0.717, 1.165) is 95.8 Å². The van der Waals surface area contributed by atoms with Gasteiger partial charge < -0.3 is 33.8 Å². The average Bonchev–Trinajstić information content (AvgIpc) is 0.898. The van der Waals surface area contributed by atoms with Crippen LogP contribution in [0.4, 0.5) is 0 Å². The predicted molar refractivity (Wildman–Crippen MR) is 455 cm³/mol. The molecule has 0 aromatic rings. The first-order valence-electron chi connectivity index (χ1n) is 47.1. The number of hydrogen-bond donors (Lipinski definition) is 3. The maximum Gasteiger partial charge on any atom is 0.472 e. The molecule has 0 saturated heterocycles. The van der Waals surface area contributed by atoms with E-state index in [1.165, 1.54) is 321 Å². The quantitative estimate of drug-likeness (QED) is 0.0222. The van der Waals surface area contributed by atoms with E-state index in [0.29, 0.717) is 25.7 Å². The van der Waals surface area contributed by atoms with Crippen LogP contribution in [-0.4, -0.2) is 96.7 Å². The minimum atomic E-state index is -4.97. The Hall–Kier alpha value is -1.94. The highest BCUT2D eigenvalue weighted by Gasteiger charge is 2.31. The van der Waals surface area contributed by atoms with Gasteiger partial charge in [-0.3, -0.25) is 37.3 Å². The van der Waals surface area contributed by atoms with Crippen LogP contribution >= 0.6 is 15.6 Å². The molecule has 0 aliphatic heterocycles. The summed E-state index contributed by atoms with van der Waals surface area (Å²) in [5.74, 6) is -1.30. The summed E-state index contributed by atoms with van der Waals surface area (Å²) in [5.41, 5.74) is 0. The third kappa shape index (κ3) is 84.0. The molecule has 19 heteroatoms. The summed E-state index contributed by atoms with van der Waals surface area (Å²) in [5, 5.41) is 10.7. The fraction of sp³-hybridized carbons (Fsp3) is 0.956. The topological polar surface area (TPSA) is 237 Å². The van der Waals surface area contributed by atoms with E-state index in [9.17, 15) is 43.2 Å². The molecule has 0 saturated carbocycles. The maximum absolute atomic E-state index is 13.2. The Morgan fingerprint density at radius 3 is 0.618 bits per heavy atom. The summed E-state index contributed by atoms with van der Waals surface area (Å²) >= 11 is 0. The number of phosphoric acid groups is 2. The largest absolute Gasteiger partial charge is 0.472 e. The SMILES string of the molecule is CCCCCCCCCCCCCCCCCCCCCCCCC(=O)O[C@H](COC(=O)CCCCCCCCCCCCCCCCCCCCC)COP(=O)(O)OC[C@@H](O)COP(=O)(O)OC[C@@H](COC(=O)CCCCCCCCCCCCCC)OC(=O)CCCCCCCCCCCCCCCCC(C)C. The monoisotopic (exact) mass is 1610 g/mol. The van der Waals surface area contributed by atoms with Crippen molar-refractivity contribution in [2.45, 2.75) is 515 Å². The number of rotatable bonds is 91. The molecular formula is C91H178O17P2. The number of carbonyl (C=O) groups excluding carboxylic acids is 4. The van der Waals surface area contributed by atoms with Crippen LogP contribution in [0, 0.1) is 5.92 Å². The molecule has 654 valence electrons. The van der Waals surface area contributed by atoms with Gasteiger partial charge in [-0.1, -0.05) is 446 Å². The molecule has 0 rings (SSSR count). The fourth-order valence-corrected chi connectivity index (χ4v) is 15.9. The molecule has 0 spiro atoms. The molecule has 0 bridgehead atoms. The molecular weight excluding hydrogens is 1430 g/mol. The van der Waals surface area contributed by atoms with Crippen LogP contribution < -0.4 is 0 Å². The summed E-state index contributed by atoms with van der Waals surface area (Å²) in [4.78, 5) is 73.4. The number of carbonyl (C=O) groups is 4. The van der Waals surface area contributed by atoms with Gasteiger partial charge in [-0.15, -0.1) is 0 Å². The zero-order chi connectivity index (χ0) is 80.4. The zero-order valence-corrected chi connectivity index (χ0v) is 74.2. The van der Waals surface area contributed by atoms with Gasteiger partial charge in [-0.05, 0) is 31.6 Å². The molecule has 0 fully saturated rings. The Bertz CT molecular complexity index is 2080. The molecule has 0 amide bonds. The number of esters is 4. The highest BCUT2D eigenvalue weighted by atomic mass is 31.2. The van der Waals surface area contributed by atoms with Gasteiger partial charge in [0.25, 0.3) is 0 Å². The molecule has 0 aromatic carbocycles. The van der Waals surface area contributed by atoms with Crippen LogP contribution in [0.3, 0.4) is 0 Å². The Morgan fingerprint density at radius 2 is 0.418 bits per heavy atom. The summed E-state index contributed by atoms with van der Waals surface area (Å²) < 4.78 is 69.1. The van der Waals surface area contributed by atoms with Crippen LogP contribution in [-0.2, 0) is 65.4 Å². The lowest BCUT2D eigenvalue weighted by molar-refractivity contribution is -0.161. The molecule has 17 nitrogen and oxygen atoms in total. The minimum Gasteiger partial charge on any atom is -0.462 e. The van der Waals surface area contributed by atoms with E-state index in [4.69, 9.17) is 37.0 Å². The summed E-state index contributed by atoms with van der Waals surface area (Å²) in [6.07, 6.45) is 79.2. The molecule has 0 radical (unpaired) electrons. The molecule has 3 N–H and O–H groups in total. The van der Waals surface area contributed by atoms with Crippen LogP contribution in [0.25, 0.3) is 0 Å². The molecule has 0 heterocycles. The summed E-state index contributed by atoms with van der Waals surface area (Å²) in [6.45, 7) is 7.42. The van der Waals surface area contributed by atoms with Crippen molar-refractivity contribution >= 4 is 39.5 Å². The number of phosphoric ester groups is 2. The molecule has 110 heavy (non-hydrogen) atoms. The van der Waals surface area contributed by atoms with Gasteiger partial charge in [0.15, 0.2) is 12.2 Å². The second-order valence-corrected chi connectivity index (χ2v) is 36.1. The van der Waals surface area contributed by atoms with Gasteiger partial charge in [0.1, 0.15) is 19.3 Å². The van der Waals surface area contributed by atoms with E-state index >= 15 is 0 Å². The summed E-state index contributed by atoms with van der Waals surface area (Å²) in [7, 11) is -9.93. The normalized spacial score (nSPS) is 13.7. The average molecular weight is 1610 g/mol. The van der Waals surface area contributed by atoms with Crippen LogP contribution in [0.5, 0.6) is 0 Å². The first-order valence-corrected chi connectivity index (χ1v) is 50.1. The van der Waals surface area contributed by atoms with E-state index in [1.807, 2.05) is 0 Å². The van der Waals surface area contributed by atoms with Crippen molar-refractivity contribution in [3.8, 4) is 0 Å². The summed E-state index contributed by atoms with van der Waals surface area (Å²) in [6, 6.07) is 0. The minimum absolute atomic E-state index is 0.108. The third-order valence-corrected chi connectivity index (χ3v) is 23.4. The van der Waals surface area contributed by atoms with E-state index in [-0.39, 0.29) is 25.7 Å². The van der Waals surface area contributed by atoms with Gasteiger partial charge in [0, 0.05) is 25.7 Å².